The van der Waals surface area contributed by atoms with Gasteiger partial charge in [-0.25, -0.2) is 4.39 Å². The van der Waals surface area contributed by atoms with E-state index in [2.05, 4.69) is 10.1 Å². The minimum atomic E-state index is -0.542. The Morgan fingerprint density at radius 2 is 2.04 bits per heavy atom. The molecule has 3 rings (SSSR count). The third-order valence-corrected chi connectivity index (χ3v) is 3.68. The Balaban J connectivity index is 2.02. The summed E-state index contributed by atoms with van der Waals surface area (Å²) in [7, 11) is 1.63. The average molecular weight is 325 g/mol. The van der Waals surface area contributed by atoms with Gasteiger partial charge in [0.2, 0.25) is 5.76 Å². The lowest BCUT2D eigenvalue weighted by Gasteiger charge is -2.27. The molecule has 0 bridgehead atoms. The molecule has 0 radical (unpaired) electrons. The van der Waals surface area contributed by atoms with Gasteiger partial charge in [0.15, 0.2) is 0 Å². The highest BCUT2D eigenvalue weighted by Gasteiger charge is 2.27. The molecule has 0 spiro atoms. The number of nitrogens with zero attached hydrogens (tertiary/aromatic N) is 3. The minimum absolute atomic E-state index is 0.132. The first kappa shape index (κ1) is 15.9. The number of aryl methyl sites for hydroxylation is 1. The van der Waals surface area contributed by atoms with Gasteiger partial charge >= 0.3 is 0 Å². The van der Waals surface area contributed by atoms with Crippen molar-refractivity contribution in [1.29, 1.82) is 0 Å². The molecule has 0 aliphatic heterocycles. The standard InChI is InChI=1S/C18H16FN3O2/c1-12-10-16(24-21-12)18(23)22(2)17(15-8-3-4-9-20-15)13-6-5-7-14(19)11-13/h3-11,17H,1-2H3/t17-/m0/s1. The van der Waals surface area contributed by atoms with Crippen molar-refractivity contribution in [2.45, 2.75) is 13.0 Å². The van der Waals surface area contributed by atoms with Gasteiger partial charge in [-0.1, -0.05) is 23.4 Å². The third-order valence-electron chi connectivity index (χ3n) is 3.68. The topological polar surface area (TPSA) is 59.2 Å². The van der Waals surface area contributed by atoms with E-state index in [9.17, 15) is 9.18 Å². The fraction of sp³-hybridized carbons (Fsp3) is 0.167. The van der Waals surface area contributed by atoms with Crippen LogP contribution in [-0.4, -0.2) is 28.0 Å². The van der Waals surface area contributed by atoms with Crippen LogP contribution in [0.3, 0.4) is 0 Å². The predicted molar refractivity (Wildman–Crippen MR) is 85.8 cm³/mol. The second-order valence-corrected chi connectivity index (χ2v) is 5.46. The Bertz CT molecular complexity index is 848. The zero-order chi connectivity index (χ0) is 17.1. The molecule has 0 saturated heterocycles. The van der Waals surface area contributed by atoms with Crippen LogP contribution in [-0.2, 0) is 0 Å². The fourth-order valence-electron chi connectivity index (χ4n) is 2.56. The number of halogens is 1. The van der Waals surface area contributed by atoms with Gasteiger partial charge in [0, 0.05) is 19.3 Å². The highest BCUT2D eigenvalue weighted by Crippen LogP contribution is 2.28. The number of benzene rings is 1. The molecule has 0 unspecified atom stereocenters. The molecule has 0 fully saturated rings. The molecular weight excluding hydrogens is 309 g/mol. The van der Waals surface area contributed by atoms with Crippen molar-refractivity contribution in [3.8, 4) is 0 Å². The second kappa shape index (κ2) is 6.62. The number of carbonyl (C=O) groups excluding carboxylic acids is 1. The maximum absolute atomic E-state index is 13.7. The van der Waals surface area contributed by atoms with E-state index in [-0.39, 0.29) is 17.5 Å². The van der Waals surface area contributed by atoms with Crippen molar-refractivity contribution in [3.63, 3.8) is 0 Å². The van der Waals surface area contributed by atoms with Gasteiger partial charge in [-0.3, -0.25) is 9.78 Å². The fourth-order valence-corrected chi connectivity index (χ4v) is 2.56. The molecule has 6 heteroatoms. The summed E-state index contributed by atoms with van der Waals surface area (Å²) < 4.78 is 18.7. The van der Waals surface area contributed by atoms with Crippen LogP contribution >= 0.6 is 0 Å². The Kier molecular flexibility index (Phi) is 4.37. The molecule has 0 aliphatic carbocycles. The van der Waals surface area contributed by atoms with Crippen LogP contribution in [0.5, 0.6) is 0 Å². The lowest BCUT2D eigenvalue weighted by atomic mass is 10.0. The smallest absolute Gasteiger partial charge is 0.293 e. The van der Waals surface area contributed by atoms with Crippen LogP contribution in [0.15, 0.2) is 59.3 Å². The van der Waals surface area contributed by atoms with Gasteiger partial charge in [0.25, 0.3) is 5.91 Å². The largest absolute Gasteiger partial charge is 0.351 e. The number of hydrogen-bond acceptors (Lipinski definition) is 4. The van der Waals surface area contributed by atoms with Gasteiger partial charge in [-0.05, 0) is 36.8 Å². The third kappa shape index (κ3) is 3.17. The van der Waals surface area contributed by atoms with Crippen LogP contribution in [0.1, 0.15) is 33.5 Å². The molecule has 0 aliphatic rings. The predicted octanol–water partition coefficient (Wildman–Crippen LogP) is 3.38. The van der Waals surface area contributed by atoms with E-state index < -0.39 is 6.04 Å². The number of carbonyl (C=O) groups is 1. The van der Waals surface area contributed by atoms with Gasteiger partial charge in [0.1, 0.15) is 5.82 Å². The van der Waals surface area contributed by atoms with Gasteiger partial charge in [-0.15, -0.1) is 0 Å². The molecule has 24 heavy (non-hydrogen) atoms. The van der Waals surface area contributed by atoms with Crippen LogP contribution in [0.2, 0.25) is 0 Å². The van der Waals surface area contributed by atoms with Crippen molar-refractivity contribution in [2.24, 2.45) is 0 Å². The number of aromatic nitrogens is 2. The van der Waals surface area contributed by atoms with Gasteiger partial charge in [-0.2, -0.15) is 0 Å². The minimum Gasteiger partial charge on any atom is -0.351 e. The van der Waals surface area contributed by atoms with E-state index in [1.54, 1.807) is 50.5 Å². The van der Waals surface area contributed by atoms with E-state index in [1.165, 1.54) is 17.0 Å². The van der Waals surface area contributed by atoms with Crippen LogP contribution in [0.25, 0.3) is 0 Å². The highest BCUT2D eigenvalue weighted by atomic mass is 19.1. The van der Waals surface area contributed by atoms with Crippen LogP contribution in [0.4, 0.5) is 4.39 Å². The molecule has 2 heterocycles. The molecule has 5 nitrogen and oxygen atoms in total. The van der Waals surface area contributed by atoms with E-state index >= 15 is 0 Å². The summed E-state index contributed by atoms with van der Waals surface area (Å²) in [5, 5.41) is 3.74. The summed E-state index contributed by atoms with van der Waals surface area (Å²) in [6.45, 7) is 1.74. The SMILES string of the molecule is Cc1cc(C(=O)N(C)[C@@H](c2cccc(F)c2)c2ccccn2)on1. The van der Waals surface area contributed by atoms with E-state index in [0.29, 0.717) is 17.0 Å². The van der Waals surface area contributed by atoms with Crippen molar-refractivity contribution < 1.29 is 13.7 Å². The van der Waals surface area contributed by atoms with Crippen molar-refractivity contribution in [1.82, 2.24) is 15.0 Å². The molecule has 122 valence electrons. The maximum Gasteiger partial charge on any atom is 0.293 e. The van der Waals surface area contributed by atoms with Crippen LogP contribution in [0, 0.1) is 12.7 Å². The first-order chi connectivity index (χ1) is 11.6. The lowest BCUT2D eigenvalue weighted by Crippen LogP contribution is -2.32. The van der Waals surface area contributed by atoms with Gasteiger partial charge < -0.3 is 9.42 Å². The summed E-state index contributed by atoms with van der Waals surface area (Å²) in [6.07, 6.45) is 1.64. The first-order valence-electron chi connectivity index (χ1n) is 7.43. The number of rotatable bonds is 4. The van der Waals surface area contributed by atoms with Crippen LogP contribution < -0.4 is 0 Å². The summed E-state index contributed by atoms with van der Waals surface area (Å²) in [4.78, 5) is 18.5. The zero-order valence-corrected chi connectivity index (χ0v) is 13.3. The lowest BCUT2D eigenvalue weighted by molar-refractivity contribution is 0.0710. The average Bonchev–Trinajstić information content (AvgIpc) is 3.02. The Hall–Kier alpha value is -3.02. The molecule has 1 atom stereocenters. The summed E-state index contributed by atoms with van der Waals surface area (Å²) in [5.74, 6) is -0.590. The van der Waals surface area contributed by atoms with E-state index in [0.717, 1.165) is 0 Å². The Morgan fingerprint density at radius 1 is 1.21 bits per heavy atom. The molecule has 3 aromatic rings. The maximum atomic E-state index is 13.7. The number of hydrogen-bond donors (Lipinski definition) is 0. The van der Waals surface area contributed by atoms with E-state index in [4.69, 9.17) is 4.52 Å². The van der Waals surface area contributed by atoms with Crippen molar-refractivity contribution in [3.05, 3.63) is 83.3 Å². The molecule has 1 aromatic carbocycles. The Morgan fingerprint density at radius 3 is 2.67 bits per heavy atom. The second-order valence-electron chi connectivity index (χ2n) is 5.46. The molecule has 1 amide bonds. The Labute approximate surface area is 138 Å². The number of pyridine rings is 1. The first-order valence-corrected chi connectivity index (χ1v) is 7.43. The zero-order valence-electron chi connectivity index (χ0n) is 13.3. The molecule has 0 saturated carbocycles. The molecular formula is C18H16FN3O2. The molecule has 2 aromatic heterocycles. The summed E-state index contributed by atoms with van der Waals surface area (Å²) in [6, 6.07) is 12.6. The van der Waals surface area contributed by atoms with Crippen molar-refractivity contribution >= 4 is 5.91 Å². The molecule has 0 N–H and O–H groups in total. The van der Waals surface area contributed by atoms with Crippen molar-refractivity contribution in [2.75, 3.05) is 7.05 Å². The normalized spacial score (nSPS) is 12.0. The number of amides is 1. The quantitative estimate of drug-likeness (QED) is 0.738. The summed E-state index contributed by atoms with van der Waals surface area (Å²) >= 11 is 0. The van der Waals surface area contributed by atoms with E-state index in [1.807, 2.05) is 6.07 Å². The highest BCUT2D eigenvalue weighted by molar-refractivity contribution is 5.91. The van der Waals surface area contributed by atoms with Gasteiger partial charge in [0.05, 0.1) is 17.4 Å². The summed E-state index contributed by atoms with van der Waals surface area (Å²) in [5.41, 5.74) is 1.88. The monoisotopic (exact) mass is 325 g/mol.